The van der Waals surface area contributed by atoms with E-state index in [4.69, 9.17) is 4.74 Å². The van der Waals surface area contributed by atoms with Crippen molar-refractivity contribution >= 4 is 0 Å². The molecule has 3 nitrogen and oxygen atoms in total. The van der Waals surface area contributed by atoms with Crippen LogP contribution in [0.5, 0.6) is 0 Å². The fourth-order valence-corrected chi connectivity index (χ4v) is 5.62. The molecule has 3 aliphatic rings. The van der Waals surface area contributed by atoms with Crippen LogP contribution in [0.4, 0.5) is 0 Å². The van der Waals surface area contributed by atoms with Crippen molar-refractivity contribution in [3.8, 4) is 11.1 Å². The third-order valence-electron chi connectivity index (χ3n) is 7.45. The Labute approximate surface area is 174 Å². The Morgan fingerprint density at radius 1 is 1.00 bits per heavy atom. The monoisotopic (exact) mass is 391 g/mol. The molecule has 2 heterocycles. The maximum absolute atomic E-state index is 10.2. The van der Waals surface area contributed by atoms with Crippen molar-refractivity contribution in [2.75, 3.05) is 26.3 Å². The first-order valence-electron chi connectivity index (χ1n) is 11.4. The van der Waals surface area contributed by atoms with E-state index in [2.05, 4.69) is 47.4 Å². The van der Waals surface area contributed by atoms with Crippen molar-refractivity contribution in [1.29, 1.82) is 0 Å². The van der Waals surface area contributed by atoms with Crippen molar-refractivity contribution in [3.63, 3.8) is 0 Å². The van der Waals surface area contributed by atoms with Crippen LogP contribution in [0.25, 0.3) is 11.1 Å². The number of ether oxygens (including phenoxy) is 1. The summed E-state index contributed by atoms with van der Waals surface area (Å²) in [6.45, 7) is 4.37. The van der Waals surface area contributed by atoms with Crippen molar-refractivity contribution in [3.05, 3.63) is 59.2 Å². The number of aliphatic hydroxyl groups excluding tert-OH is 1. The quantitative estimate of drug-likeness (QED) is 0.679. The van der Waals surface area contributed by atoms with Gasteiger partial charge < -0.3 is 9.84 Å². The molecule has 1 N–H and O–H groups in total. The first-order chi connectivity index (χ1) is 14.2. The lowest BCUT2D eigenvalue weighted by Crippen LogP contribution is -2.44. The van der Waals surface area contributed by atoms with Crippen LogP contribution in [-0.4, -0.2) is 42.4 Å². The van der Waals surface area contributed by atoms with Crippen molar-refractivity contribution in [1.82, 2.24) is 4.90 Å². The molecule has 2 aromatic rings. The summed E-state index contributed by atoms with van der Waals surface area (Å²) in [6, 6.07) is 15.8. The molecule has 0 bridgehead atoms. The van der Waals surface area contributed by atoms with E-state index in [0.717, 1.165) is 51.9 Å². The van der Waals surface area contributed by atoms with Gasteiger partial charge in [-0.25, -0.2) is 0 Å². The highest BCUT2D eigenvalue weighted by Crippen LogP contribution is 2.39. The molecular weight excluding hydrogens is 358 g/mol. The highest BCUT2D eigenvalue weighted by Gasteiger charge is 2.37. The first kappa shape index (κ1) is 19.3. The second kappa shape index (κ2) is 8.22. The van der Waals surface area contributed by atoms with E-state index in [-0.39, 0.29) is 5.41 Å². The van der Waals surface area contributed by atoms with Crippen LogP contribution >= 0.6 is 0 Å². The molecule has 0 spiro atoms. The molecule has 2 aliphatic heterocycles. The van der Waals surface area contributed by atoms with Crippen LogP contribution in [0.2, 0.25) is 0 Å². The summed E-state index contributed by atoms with van der Waals surface area (Å²) in [7, 11) is 0. The van der Waals surface area contributed by atoms with E-state index < -0.39 is 0 Å². The van der Waals surface area contributed by atoms with Crippen LogP contribution in [0, 0.1) is 5.41 Å². The van der Waals surface area contributed by atoms with Gasteiger partial charge in [0.05, 0.1) is 6.10 Å². The molecular formula is C26H33NO2. The predicted octanol–water partition coefficient (Wildman–Crippen LogP) is 4.79. The van der Waals surface area contributed by atoms with Gasteiger partial charge in [-0.2, -0.15) is 0 Å². The predicted molar refractivity (Wildman–Crippen MR) is 117 cm³/mol. The van der Waals surface area contributed by atoms with E-state index in [9.17, 15) is 5.11 Å². The minimum Gasteiger partial charge on any atom is -0.396 e. The average molecular weight is 392 g/mol. The number of fused-ring (bicyclic) bond motifs is 3. The van der Waals surface area contributed by atoms with Crippen LogP contribution in [0.15, 0.2) is 42.5 Å². The Kier molecular flexibility index (Phi) is 5.47. The third-order valence-corrected chi connectivity index (χ3v) is 7.45. The van der Waals surface area contributed by atoms with E-state index in [1.54, 1.807) is 0 Å². The van der Waals surface area contributed by atoms with Crippen LogP contribution in [-0.2, 0) is 17.7 Å². The van der Waals surface area contributed by atoms with Crippen molar-refractivity contribution in [2.24, 2.45) is 5.41 Å². The van der Waals surface area contributed by atoms with Crippen molar-refractivity contribution in [2.45, 2.75) is 57.6 Å². The zero-order valence-electron chi connectivity index (χ0n) is 17.4. The standard InChI is InChI=1S/C26H33NO2/c28-19-26(17-23-6-3-4-14-29-23)10-12-27(13-11-26)18-20-8-9-25-22(15-20)16-21-5-1-2-7-24(21)25/h1-2,5,7-9,15,23,28H,3-4,6,10-14,16-19H2/t23-/m1/s1. The summed E-state index contributed by atoms with van der Waals surface area (Å²) in [6.07, 6.45) is 8.27. The topological polar surface area (TPSA) is 32.7 Å². The molecule has 29 heavy (non-hydrogen) atoms. The summed E-state index contributed by atoms with van der Waals surface area (Å²) >= 11 is 0. The van der Waals surface area contributed by atoms with E-state index in [1.165, 1.54) is 47.1 Å². The number of aliphatic hydroxyl groups is 1. The molecule has 1 atom stereocenters. The van der Waals surface area contributed by atoms with Crippen LogP contribution in [0.1, 0.15) is 55.2 Å². The molecule has 0 saturated carbocycles. The summed E-state index contributed by atoms with van der Waals surface area (Å²) in [4.78, 5) is 2.57. The van der Waals surface area contributed by atoms with E-state index in [0.29, 0.717) is 12.7 Å². The Morgan fingerprint density at radius 2 is 1.83 bits per heavy atom. The third kappa shape index (κ3) is 4.01. The normalized spacial score (nSPS) is 23.6. The van der Waals surface area contributed by atoms with Gasteiger partial charge in [-0.3, -0.25) is 4.90 Å². The highest BCUT2D eigenvalue weighted by atomic mass is 16.5. The first-order valence-corrected chi connectivity index (χ1v) is 11.4. The second-order valence-electron chi connectivity index (χ2n) is 9.45. The smallest absolute Gasteiger partial charge is 0.0581 e. The van der Waals surface area contributed by atoms with Gasteiger partial charge in [0.1, 0.15) is 0 Å². The number of likely N-dealkylation sites (tertiary alicyclic amines) is 1. The zero-order chi connectivity index (χ0) is 19.7. The lowest BCUT2D eigenvalue weighted by Gasteiger charge is -2.43. The highest BCUT2D eigenvalue weighted by molar-refractivity contribution is 5.76. The number of benzene rings is 2. The lowest BCUT2D eigenvalue weighted by atomic mass is 9.74. The Hall–Kier alpha value is -1.68. The fourth-order valence-electron chi connectivity index (χ4n) is 5.62. The average Bonchev–Trinajstić information content (AvgIpc) is 3.14. The van der Waals surface area contributed by atoms with E-state index in [1.807, 2.05) is 0 Å². The summed E-state index contributed by atoms with van der Waals surface area (Å²) in [5.41, 5.74) is 7.23. The van der Waals surface area contributed by atoms with Crippen LogP contribution < -0.4 is 0 Å². The number of hydrogen-bond donors (Lipinski definition) is 1. The summed E-state index contributed by atoms with van der Waals surface area (Å²) in [5.74, 6) is 0. The van der Waals surface area contributed by atoms with Gasteiger partial charge in [-0.05, 0) is 91.3 Å². The molecule has 0 unspecified atom stereocenters. The van der Waals surface area contributed by atoms with Gasteiger partial charge >= 0.3 is 0 Å². The maximum Gasteiger partial charge on any atom is 0.0581 e. The molecule has 0 amide bonds. The van der Waals surface area contributed by atoms with Gasteiger partial charge in [0, 0.05) is 19.8 Å². The summed E-state index contributed by atoms with van der Waals surface area (Å²) in [5, 5.41) is 10.2. The fraction of sp³-hybridized carbons (Fsp3) is 0.538. The van der Waals surface area contributed by atoms with Gasteiger partial charge in [-0.1, -0.05) is 42.5 Å². The number of hydrogen-bond acceptors (Lipinski definition) is 3. The van der Waals surface area contributed by atoms with Gasteiger partial charge in [0.2, 0.25) is 0 Å². The SMILES string of the molecule is OCC1(C[C@H]2CCCCO2)CCN(Cc2ccc3c(c2)Cc2ccccc2-3)CC1. The molecule has 2 saturated heterocycles. The minimum absolute atomic E-state index is 0.0675. The number of piperidine rings is 1. The van der Waals surface area contributed by atoms with Gasteiger partial charge in [0.15, 0.2) is 0 Å². The Bertz CT molecular complexity index is 848. The summed E-state index contributed by atoms with van der Waals surface area (Å²) < 4.78 is 5.97. The zero-order valence-corrected chi connectivity index (χ0v) is 17.4. The maximum atomic E-state index is 10.2. The second-order valence-corrected chi connectivity index (χ2v) is 9.45. The molecule has 0 aromatic heterocycles. The molecule has 5 rings (SSSR count). The number of rotatable bonds is 5. The number of nitrogens with zero attached hydrogens (tertiary/aromatic N) is 1. The van der Waals surface area contributed by atoms with Gasteiger partial charge in [-0.15, -0.1) is 0 Å². The van der Waals surface area contributed by atoms with E-state index >= 15 is 0 Å². The molecule has 1 aliphatic carbocycles. The van der Waals surface area contributed by atoms with Crippen molar-refractivity contribution < 1.29 is 9.84 Å². The lowest BCUT2D eigenvalue weighted by molar-refractivity contribution is -0.0486. The van der Waals surface area contributed by atoms with Gasteiger partial charge in [0.25, 0.3) is 0 Å². The minimum atomic E-state index is 0.0675. The van der Waals surface area contributed by atoms with Crippen LogP contribution in [0.3, 0.4) is 0 Å². The Morgan fingerprint density at radius 3 is 2.62 bits per heavy atom. The Balaban J connectivity index is 1.20. The largest absolute Gasteiger partial charge is 0.396 e. The molecule has 3 heteroatoms. The molecule has 2 fully saturated rings. The molecule has 0 radical (unpaired) electrons. The molecule has 154 valence electrons. The molecule has 2 aromatic carbocycles.